The largest absolute Gasteiger partial charge is 0.573 e. The zero-order chi connectivity index (χ0) is 19.6. The number of carbonyl (C=O) groups is 1. The average Bonchev–Trinajstić information content (AvgIpc) is 3.00. The Morgan fingerprint density at radius 3 is 2.56 bits per heavy atom. The van der Waals surface area contributed by atoms with E-state index in [9.17, 15) is 18.0 Å². The second-order valence-corrected chi connectivity index (χ2v) is 5.93. The molecule has 144 valence electrons. The minimum absolute atomic E-state index is 0.206. The molecule has 0 bridgehead atoms. The molecule has 27 heavy (non-hydrogen) atoms. The highest BCUT2D eigenvalue weighted by molar-refractivity contribution is 5.94. The Morgan fingerprint density at radius 1 is 1.22 bits per heavy atom. The maximum absolute atomic E-state index is 12.4. The molecule has 0 unspecified atom stereocenters. The molecule has 9 heteroatoms. The normalized spacial score (nSPS) is 13.0. The summed E-state index contributed by atoms with van der Waals surface area (Å²) in [5.74, 6) is -0.158. The monoisotopic (exact) mass is 381 g/mol. The predicted molar refractivity (Wildman–Crippen MR) is 94.2 cm³/mol. The van der Waals surface area contributed by atoms with E-state index in [0.717, 1.165) is 29.1 Å². The number of benzene rings is 2. The average molecular weight is 381 g/mol. The number of alkyl halides is 3. The van der Waals surface area contributed by atoms with Crippen LogP contribution in [0.15, 0.2) is 36.4 Å². The quantitative estimate of drug-likeness (QED) is 0.832. The summed E-state index contributed by atoms with van der Waals surface area (Å²) in [4.78, 5) is 14.4. The summed E-state index contributed by atoms with van der Waals surface area (Å²) in [5.41, 5.74) is 2.91. The molecule has 0 aliphatic carbocycles. The Kier molecular flexibility index (Phi) is 5.02. The summed E-state index contributed by atoms with van der Waals surface area (Å²) in [7, 11) is 3.47. The molecule has 1 amide bonds. The molecule has 0 fully saturated rings. The summed E-state index contributed by atoms with van der Waals surface area (Å²) in [5, 5.41) is 6.01. The smallest absolute Gasteiger partial charge is 0.496 e. The summed E-state index contributed by atoms with van der Waals surface area (Å²) in [6.07, 6.45) is -4.77. The number of nitrogens with zero attached hydrogens (tertiary/aromatic N) is 1. The van der Waals surface area contributed by atoms with Crippen LogP contribution in [0.5, 0.6) is 11.5 Å². The molecule has 0 atom stereocenters. The lowest BCUT2D eigenvalue weighted by Crippen LogP contribution is -2.25. The second-order valence-electron chi connectivity index (χ2n) is 5.93. The van der Waals surface area contributed by atoms with Crippen molar-refractivity contribution in [1.82, 2.24) is 5.32 Å². The van der Waals surface area contributed by atoms with Crippen LogP contribution < -0.4 is 25.0 Å². The van der Waals surface area contributed by atoms with Crippen molar-refractivity contribution in [2.75, 3.05) is 31.0 Å². The fourth-order valence-electron chi connectivity index (χ4n) is 2.92. The van der Waals surface area contributed by atoms with E-state index >= 15 is 0 Å². The Hall–Kier alpha value is -3.10. The lowest BCUT2D eigenvalue weighted by atomic mass is 10.1. The highest BCUT2D eigenvalue weighted by Crippen LogP contribution is 2.39. The van der Waals surface area contributed by atoms with Crippen LogP contribution in [0.4, 0.5) is 24.5 Å². The van der Waals surface area contributed by atoms with Gasteiger partial charge in [0.25, 0.3) is 5.91 Å². The Bertz CT molecular complexity index is 838. The molecular weight excluding hydrogens is 363 g/mol. The van der Waals surface area contributed by atoms with Gasteiger partial charge in [-0.05, 0) is 36.4 Å². The molecule has 0 saturated carbocycles. The van der Waals surface area contributed by atoms with Gasteiger partial charge in [-0.1, -0.05) is 0 Å². The van der Waals surface area contributed by atoms with Gasteiger partial charge in [0, 0.05) is 24.7 Å². The fraction of sp³-hybridized carbons (Fsp3) is 0.278. The maximum Gasteiger partial charge on any atom is 0.573 e. The van der Waals surface area contributed by atoms with Gasteiger partial charge in [-0.15, -0.1) is 13.2 Å². The van der Waals surface area contributed by atoms with Gasteiger partial charge in [-0.3, -0.25) is 4.79 Å². The van der Waals surface area contributed by atoms with Crippen LogP contribution in [-0.2, 0) is 6.54 Å². The van der Waals surface area contributed by atoms with Crippen molar-refractivity contribution < 1.29 is 27.4 Å². The molecule has 1 heterocycles. The van der Waals surface area contributed by atoms with Gasteiger partial charge in [-0.2, -0.15) is 0 Å². The first-order valence-electron chi connectivity index (χ1n) is 8.07. The SMILES string of the molecule is COc1ccc2c(c1CNC(=O)c1ccc(OC(F)(F)F)cc1)N(C)CN2. The van der Waals surface area contributed by atoms with E-state index in [0.29, 0.717) is 12.4 Å². The molecular formula is C18H18F3N3O3. The summed E-state index contributed by atoms with van der Waals surface area (Å²) >= 11 is 0. The topological polar surface area (TPSA) is 62.8 Å². The van der Waals surface area contributed by atoms with Crippen molar-refractivity contribution in [3.05, 3.63) is 47.5 Å². The van der Waals surface area contributed by atoms with Crippen LogP contribution in [0, 0.1) is 0 Å². The van der Waals surface area contributed by atoms with Gasteiger partial charge < -0.3 is 25.0 Å². The third-order valence-electron chi connectivity index (χ3n) is 4.12. The number of nitrogens with one attached hydrogen (secondary N) is 2. The van der Waals surface area contributed by atoms with Crippen LogP contribution in [0.1, 0.15) is 15.9 Å². The minimum atomic E-state index is -4.77. The van der Waals surface area contributed by atoms with Crippen molar-refractivity contribution in [1.29, 1.82) is 0 Å². The zero-order valence-corrected chi connectivity index (χ0v) is 14.7. The number of hydrogen-bond acceptors (Lipinski definition) is 5. The van der Waals surface area contributed by atoms with Gasteiger partial charge in [0.1, 0.15) is 11.5 Å². The van der Waals surface area contributed by atoms with E-state index in [-0.39, 0.29) is 17.9 Å². The first kappa shape index (κ1) is 18.7. The lowest BCUT2D eigenvalue weighted by molar-refractivity contribution is -0.274. The van der Waals surface area contributed by atoms with Crippen LogP contribution in [0.25, 0.3) is 0 Å². The number of carbonyl (C=O) groups excluding carboxylic acids is 1. The second kappa shape index (κ2) is 7.26. The first-order valence-corrected chi connectivity index (χ1v) is 8.07. The Labute approximate surface area is 153 Å². The van der Waals surface area contributed by atoms with Crippen LogP contribution >= 0.6 is 0 Å². The standard InChI is InChI=1S/C18H18F3N3O3/c1-24-10-23-14-7-8-15(26-2)13(16(14)24)9-22-17(25)11-3-5-12(6-4-11)27-18(19,20)21/h3-8,23H,9-10H2,1-2H3,(H,22,25). The molecule has 2 N–H and O–H groups in total. The van der Waals surface area contributed by atoms with Crippen molar-refractivity contribution in [3.63, 3.8) is 0 Å². The lowest BCUT2D eigenvalue weighted by Gasteiger charge is -2.18. The predicted octanol–water partition coefficient (Wildman–Crippen LogP) is 3.34. The molecule has 0 saturated heterocycles. The van der Waals surface area contributed by atoms with E-state index in [2.05, 4.69) is 15.4 Å². The fourth-order valence-corrected chi connectivity index (χ4v) is 2.92. The van der Waals surface area contributed by atoms with E-state index in [1.54, 1.807) is 7.11 Å². The number of anilines is 2. The first-order chi connectivity index (χ1) is 12.8. The third kappa shape index (κ3) is 4.18. The maximum atomic E-state index is 12.4. The number of halogens is 3. The van der Waals surface area contributed by atoms with Crippen LogP contribution in [0.3, 0.4) is 0 Å². The van der Waals surface area contributed by atoms with Gasteiger partial charge in [-0.25, -0.2) is 0 Å². The third-order valence-corrected chi connectivity index (χ3v) is 4.12. The van der Waals surface area contributed by atoms with Gasteiger partial charge in [0.15, 0.2) is 0 Å². The Balaban J connectivity index is 1.72. The molecule has 0 aromatic heterocycles. The molecule has 1 aliphatic heterocycles. The van der Waals surface area contributed by atoms with E-state index in [1.807, 2.05) is 24.1 Å². The minimum Gasteiger partial charge on any atom is -0.496 e. The molecule has 6 nitrogen and oxygen atoms in total. The van der Waals surface area contributed by atoms with Gasteiger partial charge in [0.05, 0.1) is 25.2 Å². The molecule has 3 rings (SSSR count). The zero-order valence-electron chi connectivity index (χ0n) is 14.7. The summed E-state index contributed by atoms with van der Waals surface area (Å²) < 4.78 is 45.8. The number of ether oxygens (including phenoxy) is 2. The molecule has 2 aromatic rings. The number of fused-ring (bicyclic) bond motifs is 1. The van der Waals surface area contributed by atoms with E-state index in [4.69, 9.17) is 4.74 Å². The highest BCUT2D eigenvalue weighted by Gasteiger charge is 2.31. The van der Waals surface area contributed by atoms with Crippen molar-refractivity contribution in [2.24, 2.45) is 0 Å². The molecule has 1 aliphatic rings. The molecule has 0 radical (unpaired) electrons. The number of hydrogen-bond donors (Lipinski definition) is 2. The van der Waals surface area contributed by atoms with Crippen molar-refractivity contribution >= 4 is 17.3 Å². The van der Waals surface area contributed by atoms with Crippen molar-refractivity contribution in [2.45, 2.75) is 12.9 Å². The van der Waals surface area contributed by atoms with E-state index < -0.39 is 12.3 Å². The molecule has 0 spiro atoms. The van der Waals surface area contributed by atoms with E-state index in [1.165, 1.54) is 12.1 Å². The van der Waals surface area contributed by atoms with Crippen LogP contribution in [0.2, 0.25) is 0 Å². The Morgan fingerprint density at radius 2 is 1.93 bits per heavy atom. The number of methoxy groups -OCH3 is 1. The van der Waals surface area contributed by atoms with Gasteiger partial charge in [0.2, 0.25) is 0 Å². The van der Waals surface area contributed by atoms with Crippen LogP contribution in [-0.4, -0.2) is 33.1 Å². The van der Waals surface area contributed by atoms with Crippen molar-refractivity contribution in [3.8, 4) is 11.5 Å². The van der Waals surface area contributed by atoms with Gasteiger partial charge >= 0.3 is 6.36 Å². The highest BCUT2D eigenvalue weighted by atomic mass is 19.4. The summed E-state index contributed by atoms with van der Waals surface area (Å²) in [6.45, 7) is 0.849. The molecule has 2 aromatic carbocycles. The number of rotatable bonds is 5. The summed E-state index contributed by atoms with van der Waals surface area (Å²) in [6, 6.07) is 8.47. The number of amides is 1.